The van der Waals surface area contributed by atoms with Crippen LogP contribution in [-0.4, -0.2) is 6.54 Å². The Kier molecular flexibility index (Phi) is 3.14. The Morgan fingerprint density at radius 2 is 2.20 bits per heavy atom. The molecule has 0 bridgehead atoms. The summed E-state index contributed by atoms with van der Waals surface area (Å²) in [4.78, 5) is 0. The van der Waals surface area contributed by atoms with Crippen molar-refractivity contribution in [1.82, 2.24) is 0 Å². The van der Waals surface area contributed by atoms with Gasteiger partial charge in [-0.1, -0.05) is 18.9 Å². The second kappa shape index (κ2) is 4.56. The maximum Gasteiger partial charge on any atom is 0.0390 e. The lowest BCUT2D eigenvalue weighted by atomic mass is 10.1. The maximum absolute atomic E-state index is 5.75. The quantitative estimate of drug-likeness (QED) is 0.571. The first-order valence-corrected chi connectivity index (χ1v) is 5.86. The van der Waals surface area contributed by atoms with Crippen molar-refractivity contribution in [2.75, 3.05) is 17.6 Å². The van der Waals surface area contributed by atoms with Gasteiger partial charge in [0, 0.05) is 17.9 Å². The van der Waals surface area contributed by atoms with Crippen molar-refractivity contribution in [1.29, 1.82) is 0 Å². The Labute approximate surface area is 91.9 Å². The van der Waals surface area contributed by atoms with E-state index >= 15 is 0 Å². The average molecular weight is 204 g/mol. The average Bonchev–Trinajstić information content (AvgIpc) is 3.01. The molecule has 0 spiro atoms. The molecule has 0 atom stereocenters. The van der Waals surface area contributed by atoms with Crippen LogP contribution in [0.3, 0.4) is 0 Å². The summed E-state index contributed by atoms with van der Waals surface area (Å²) in [5, 5.41) is 3.46. The molecule has 1 aliphatic rings. The van der Waals surface area contributed by atoms with Gasteiger partial charge in [-0.3, -0.25) is 0 Å². The van der Waals surface area contributed by atoms with Gasteiger partial charge >= 0.3 is 0 Å². The molecule has 1 aliphatic carbocycles. The first-order valence-electron chi connectivity index (χ1n) is 5.86. The number of nitrogen functional groups attached to an aromatic ring is 1. The van der Waals surface area contributed by atoms with Crippen LogP contribution in [-0.2, 0) is 0 Å². The summed E-state index contributed by atoms with van der Waals surface area (Å²) in [5.74, 6) is 1.04. The predicted molar refractivity (Wildman–Crippen MR) is 66.0 cm³/mol. The van der Waals surface area contributed by atoms with Crippen molar-refractivity contribution < 1.29 is 0 Å². The molecular formula is C13H20N2. The molecule has 1 fully saturated rings. The van der Waals surface area contributed by atoms with Crippen molar-refractivity contribution in [3.63, 3.8) is 0 Å². The Morgan fingerprint density at radius 3 is 2.93 bits per heavy atom. The third-order valence-corrected chi connectivity index (χ3v) is 3.06. The molecule has 0 aromatic heterocycles. The molecule has 2 nitrogen and oxygen atoms in total. The molecule has 1 saturated carbocycles. The van der Waals surface area contributed by atoms with Gasteiger partial charge in [-0.05, 0) is 43.4 Å². The van der Waals surface area contributed by atoms with E-state index in [-0.39, 0.29) is 0 Å². The lowest BCUT2D eigenvalue weighted by Gasteiger charge is -2.09. The van der Waals surface area contributed by atoms with Crippen molar-refractivity contribution in [2.45, 2.75) is 32.6 Å². The summed E-state index contributed by atoms with van der Waals surface area (Å²) in [7, 11) is 0. The number of benzene rings is 1. The van der Waals surface area contributed by atoms with Crippen LogP contribution in [0.1, 0.15) is 31.2 Å². The number of anilines is 2. The zero-order valence-corrected chi connectivity index (χ0v) is 9.42. The minimum absolute atomic E-state index is 0.838. The molecule has 1 aromatic carbocycles. The maximum atomic E-state index is 5.75. The van der Waals surface area contributed by atoms with Crippen LogP contribution in [0.2, 0.25) is 0 Å². The molecule has 2 rings (SSSR count). The lowest BCUT2D eigenvalue weighted by Crippen LogP contribution is -2.03. The third kappa shape index (κ3) is 3.15. The molecule has 0 radical (unpaired) electrons. The van der Waals surface area contributed by atoms with Crippen LogP contribution in [0.25, 0.3) is 0 Å². The topological polar surface area (TPSA) is 38.0 Å². The summed E-state index contributed by atoms with van der Waals surface area (Å²) in [5.41, 5.74) is 9.05. The van der Waals surface area contributed by atoms with Crippen molar-refractivity contribution in [2.24, 2.45) is 5.92 Å². The number of rotatable bonds is 5. The van der Waals surface area contributed by atoms with Gasteiger partial charge in [-0.25, -0.2) is 0 Å². The van der Waals surface area contributed by atoms with Gasteiger partial charge in [0.2, 0.25) is 0 Å². The predicted octanol–water partition coefficient (Wildman–Crippen LogP) is 3.18. The molecule has 0 heterocycles. The zero-order valence-electron chi connectivity index (χ0n) is 9.42. The number of hydrogen-bond donors (Lipinski definition) is 2. The van der Waals surface area contributed by atoms with Crippen LogP contribution in [0, 0.1) is 12.8 Å². The Bertz CT molecular complexity index is 329. The Hall–Kier alpha value is -1.18. The number of nitrogens with one attached hydrogen (secondary N) is 1. The van der Waals surface area contributed by atoms with E-state index in [4.69, 9.17) is 5.73 Å². The van der Waals surface area contributed by atoms with Crippen molar-refractivity contribution >= 4 is 11.4 Å². The van der Waals surface area contributed by atoms with E-state index in [9.17, 15) is 0 Å². The highest BCUT2D eigenvalue weighted by Crippen LogP contribution is 2.33. The molecule has 0 unspecified atom stereocenters. The van der Waals surface area contributed by atoms with Crippen LogP contribution in [0.5, 0.6) is 0 Å². The molecule has 82 valence electrons. The first-order chi connectivity index (χ1) is 7.25. The highest BCUT2D eigenvalue weighted by Gasteiger charge is 2.19. The standard InChI is InChI=1S/C13H20N2/c1-10-4-7-12(14)9-13(10)15-8-2-3-11-5-6-11/h4,7,9,11,15H,2-3,5-6,8,14H2,1H3. The molecule has 0 aliphatic heterocycles. The highest BCUT2D eigenvalue weighted by molar-refractivity contribution is 5.59. The van der Waals surface area contributed by atoms with Gasteiger partial charge < -0.3 is 11.1 Å². The van der Waals surface area contributed by atoms with Crippen molar-refractivity contribution in [3.8, 4) is 0 Å². The number of hydrogen-bond acceptors (Lipinski definition) is 2. The fourth-order valence-corrected chi connectivity index (χ4v) is 1.85. The third-order valence-electron chi connectivity index (χ3n) is 3.06. The van der Waals surface area contributed by atoms with E-state index < -0.39 is 0 Å². The molecule has 15 heavy (non-hydrogen) atoms. The van der Waals surface area contributed by atoms with Crippen LogP contribution < -0.4 is 11.1 Å². The zero-order chi connectivity index (χ0) is 10.7. The summed E-state index contributed by atoms with van der Waals surface area (Å²) < 4.78 is 0. The van der Waals surface area contributed by atoms with Crippen molar-refractivity contribution in [3.05, 3.63) is 23.8 Å². The number of aryl methyl sites for hydroxylation is 1. The molecule has 1 aromatic rings. The van der Waals surface area contributed by atoms with Gasteiger partial charge in [-0.15, -0.1) is 0 Å². The molecule has 2 heteroatoms. The van der Waals surface area contributed by atoms with Gasteiger partial charge in [0.05, 0.1) is 0 Å². The van der Waals surface area contributed by atoms with Gasteiger partial charge in [0.1, 0.15) is 0 Å². The Balaban J connectivity index is 1.78. The molecule has 0 saturated heterocycles. The monoisotopic (exact) mass is 204 g/mol. The van der Waals surface area contributed by atoms with Gasteiger partial charge in [-0.2, -0.15) is 0 Å². The minimum atomic E-state index is 0.838. The minimum Gasteiger partial charge on any atom is -0.399 e. The molecular weight excluding hydrogens is 184 g/mol. The SMILES string of the molecule is Cc1ccc(N)cc1NCCCC1CC1. The van der Waals surface area contributed by atoms with E-state index in [1.165, 1.54) is 36.9 Å². The van der Waals surface area contributed by atoms with Gasteiger partial charge in [0.25, 0.3) is 0 Å². The molecule has 3 N–H and O–H groups in total. The summed E-state index contributed by atoms with van der Waals surface area (Å²) in [6.45, 7) is 3.18. The van der Waals surface area contributed by atoms with E-state index in [1.807, 2.05) is 12.1 Å². The van der Waals surface area contributed by atoms with Crippen LogP contribution >= 0.6 is 0 Å². The fourth-order valence-electron chi connectivity index (χ4n) is 1.85. The normalized spacial score (nSPS) is 15.3. The summed E-state index contributed by atoms with van der Waals surface area (Å²) in [6.07, 6.45) is 5.57. The van der Waals surface area contributed by atoms with E-state index in [0.29, 0.717) is 0 Å². The van der Waals surface area contributed by atoms with Gasteiger partial charge in [0.15, 0.2) is 0 Å². The van der Waals surface area contributed by atoms with Crippen LogP contribution in [0.15, 0.2) is 18.2 Å². The van der Waals surface area contributed by atoms with E-state index in [0.717, 1.165) is 18.2 Å². The smallest absolute Gasteiger partial charge is 0.0390 e. The Morgan fingerprint density at radius 1 is 1.40 bits per heavy atom. The highest BCUT2D eigenvalue weighted by atomic mass is 14.9. The van der Waals surface area contributed by atoms with E-state index in [1.54, 1.807) is 0 Å². The fraction of sp³-hybridized carbons (Fsp3) is 0.538. The lowest BCUT2D eigenvalue weighted by molar-refractivity contribution is 0.687. The van der Waals surface area contributed by atoms with E-state index in [2.05, 4.69) is 18.3 Å². The molecule has 0 amide bonds. The summed E-state index contributed by atoms with van der Waals surface area (Å²) in [6, 6.07) is 6.04. The summed E-state index contributed by atoms with van der Waals surface area (Å²) >= 11 is 0. The second-order valence-electron chi connectivity index (χ2n) is 4.59. The van der Waals surface area contributed by atoms with Crippen LogP contribution in [0.4, 0.5) is 11.4 Å². The first kappa shape index (κ1) is 10.3. The largest absolute Gasteiger partial charge is 0.399 e. The second-order valence-corrected chi connectivity index (χ2v) is 4.59. The number of nitrogens with two attached hydrogens (primary N) is 1.